The summed E-state index contributed by atoms with van der Waals surface area (Å²) in [4.78, 5) is 0. The highest BCUT2D eigenvalue weighted by Gasteiger charge is 2.22. The van der Waals surface area contributed by atoms with Crippen molar-refractivity contribution in [2.75, 3.05) is 19.8 Å². The van der Waals surface area contributed by atoms with Gasteiger partial charge in [-0.25, -0.2) is 4.39 Å². The van der Waals surface area contributed by atoms with Gasteiger partial charge in [0.05, 0.1) is 13.2 Å². The van der Waals surface area contributed by atoms with Gasteiger partial charge in [0, 0.05) is 18.4 Å². The average molecular weight is 489 g/mol. The molecule has 0 spiro atoms. The maximum absolute atomic E-state index is 15.2. The van der Waals surface area contributed by atoms with Crippen molar-refractivity contribution in [2.24, 2.45) is 0 Å². The van der Waals surface area contributed by atoms with Gasteiger partial charge in [-0.15, -0.1) is 0 Å². The fourth-order valence-electron chi connectivity index (χ4n) is 4.21. The second kappa shape index (κ2) is 12.4. The zero-order chi connectivity index (χ0) is 24.6. The lowest BCUT2D eigenvalue weighted by atomic mass is 9.98. The number of hydrogen-bond acceptors (Lipinski definition) is 4. The van der Waals surface area contributed by atoms with E-state index in [9.17, 15) is 8.78 Å². The van der Waals surface area contributed by atoms with E-state index in [0.29, 0.717) is 43.6 Å². The molecule has 35 heavy (non-hydrogen) atoms. The minimum Gasteiger partial charge on any atom is -0.435 e. The largest absolute Gasteiger partial charge is 0.435 e. The van der Waals surface area contributed by atoms with Crippen LogP contribution in [-0.4, -0.2) is 38.8 Å². The Hall–Kier alpha value is -2.61. The molecule has 1 saturated heterocycles. The van der Waals surface area contributed by atoms with Crippen molar-refractivity contribution < 1.29 is 32.1 Å². The fourth-order valence-corrected chi connectivity index (χ4v) is 4.21. The van der Waals surface area contributed by atoms with Crippen LogP contribution >= 0.6 is 0 Å². The third-order valence-electron chi connectivity index (χ3n) is 6.09. The zero-order valence-corrected chi connectivity index (χ0v) is 19.9. The van der Waals surface area contributed by atoms with E-state index in [-0.39, 0.29) is 24.0 Å². The van der Waals surface area contributed by atoms with Gasteiger partial charge in [0.1, 0.15) is 17.7 Å². The molecule has 0 atom stereocenters. The van der Waals surface area contributed by atoms with Crippen LogP contribution in [0.25, 0.3) is 10.8 Å². The van der Waals surface area contributed by atoms with E-state index in [1.807, 2.05) is 30.3 Å². The minimum atomic E-state index is -2.85. The standard InChI is InChI=1S/C28H31F3O4/c1-2-15-32-24-17-33-26(34-18-24)14-7-20-6-13-25-22(16-20)10-9-21(27(25)29)8-3-19-4-11-23(12-5-19)35-28(30)31/h4-6,9-13,16,24,26,28H,2-3,7-8,14-15,17-18H2,1H3. The molecule has 0 aliphatic carbocycles. The summed E-state index contributed by atoms with van der Waals surface area (Å²) in [6.45, 7) is 1.03. The lowest BCUT2D eigenvalue weighted by Gasteiger charge is -2.29. The van der Waals surface area contributed by atoms with Crippen LogP contribution in [0.4, 0.5) is 13.2 Å². The number of fused-ring (bicyclic) bond motifs is 1. The van der Waals surface area contributed by atoms with E-state index < -0.39 is 6.61 Å². The lowest BCUT2D eigenvalue weighted by molar-refractivity contribution is -0.227. The van der Waals surface area contributed by atoms with Crippen LogP contribution in [0.1, 0.15) is 36.5 Å². The quantitative estimate of drug-likeness (QED) is 0.310. The first-order chi connectivity index (χ1) is 17.0. The molecule has 0 amide bonds. The Morgan fingerprint density at radius 3 is 2.37 bits per heavy atom. The van der Waals surface area contributed by atoms with Crippen molar-refractivity contribution >= 4 is 10.8 Å². The smallest absolute Gasteiger partial charge is 0.387 e. The molecule has 4 rings (SSSR count). The summed E-state index contributed by atoms with van der Waals surface area (Å²) in [5.41, 5.74) is 2.66. The van der Waals surface area contributed by atoms with Gasteiger partial charge < -0.3 is 18.9 Å². The van der Waals surface area contributed by atoms with Crippen LogP contribution in [0.2, 0.25) is 0 Å². The SMILES string of the molecule is CCCOC1COC(CCc2ccc3c(F)c(CCc4ccc(OC(F)F)cc4)ccc3c2)OC1. The third-order valence-corrected chi connectivity index (χ3v) is 6.09. The van der Waals surface area contributed by atoms with E-state index in [2.05, 4.69) is 11.7 Å². The third kappa shape index (κ3) is 7.19. The summed E-state index contributed by atoms with van der Waals surface area (Å²) in [7, 11) is 0. The van der Waals surface area contributed by atoms with Gasteiger partial charge in [-0.05, 0) is 59.9 Å². The fraction of sp³-hybridized carbons (Fsp3) is 0.429. The topological polar surface area (TPSA) is 36.9 Å². The van der Waals surface area contributed by atoms with Crippen molar-refractivity contribution in [1.29, 1.82) is 0 Å². The summed E-state index contributed by atoms with van der Waals surface area (Å²) >= 11 is 0. The van der Waals surface area contributed by atoms with Crippen LogP contribution in [0.5, 0.6) is 5.75 Å². The van der Waals surface area contributed by atoms with Gasteiger partial charge >= 0.3 is 6.61 Å². The normalized spacial score (nSPS) is 18.3. The van der Waals surface area contributed by atoms with Crippen LogP contribution in [0.15, 0.2) is 54.6 Å². The summed E-state index contributed by atoms with van der Waals surface area (Å²) in [6, 6.07) is 16.0. The predicted molar refractivity (Wildman–Crippen MR) is 128 cm³/mol. The number of ether oxygens (including phenoxy) is 4. The first kappa shape index (κ1) is 25.5. The molecule has 0 unspecified atom stereocenters. The van der Waals surface area contributed by atoms with E-state index in [0.717, 1.165) is 35.8 Å². The highest BCUT2D eigenvalue weighted by molar-refractivity contribution is 5.84. The van der Waals surface area contributed by atoms with Crippen LogP contribution < -0.4 is 4.74 Å². The molecule has 0 saturated carbocycles. The monoisotopic (exact) mass is 488 g/mol. The zero-order valence-electron chi connectivity index (χ0n) is 19.9. The number of aryl methyl sites for hydroxylation is 3. The molecule has 188 valence electrons. The molecule has 0 bridgehead atoms. The number of benzene rings is 3. The van der Waals surface area contributed by atoms with Crippen molar-refractivity contribution in [1.82, 2.24) is 0 Å². The Morgan fingerprint density at radius 2 is 1.66 bits per heavy atom. The van der Waals surface area contributed by atoms with Crippen molar-refractivity contribution in [3.05, 3.63) is 77.1 Å². The summed E-state index contributed by atoms with van der Waals surface area (Å²) < 4.78 is 61.3. The van der Waals surface area contributed by atoms with Crippen LogP contribution in [0, 0.1) is 5.82 Å². The van der Waals surface area contributed by atoms with Crippen molar-refractivity contribution in [3.8, 4) is 5.75 Å². The van der Waals surface area contributed by atoms with Gasteiger partial charge in [0.15, 0.2) is 6.29 Å². The molecule has 1 aliphatic heterocycles. The number of hydrogen-bond donors (Lipinski definition) is 0. The number of alkyl halides is 2. The Balaban J connectivity index is 1.31. The van der Waals surface area contributed by atoms with Gasteiger partial charge in [-0.2, -0.15) is 8.78 Å². The first-order valence-electron chi connectivity index (χ1n) is 12.1. The second-order valence-corrected chi connectivity index (χ2v) is 8.74. The maximum Gasteiger partial charge on any atom is 0.387 e. The molecular formula is C28H31F3O4. The van der Waals surface area contributed by atoms with Gasteiger partial charge in [-0.3, -0.25) is 0 Å². The van der Waals surface area contributed by atoms with E-state index in [1.165, 1.54) is 12.1 Å². The van der Waals surface area contributed by atoms with Gasteiger partial charge in [0.25, 0.3) is 0 Å². The molecule has 3 aromatic carbocycles. The molecule has 4 nitrogen and oxygen atoms in total. The molecule has 1 aliphatic rings. The molecule has 7 heteroatoms. The van der Waals surface area contributed by atoms with Crippen LogP contribution in [0.3, 0.4) is 0 Å². The van der Waals surface area contributed by atoms with Gasteiger partial charge in [0.2, 0.25) is 0 Å². The Kier molecular flexibility index (Phi) is 9.01. The van der Waals surface area contributed by atoms with E-state index >= 15 is 4.39 Å². The summed E-state index contributed by atoms with van der Waals surface area (Å²) in [5.74, 6) is -0.105. The first-order valence-corrected chi connectivity index (χ1v) is 12.1. The molecular weight excluding hydrogens is 457 g/mol. The number of halogens is 3. The van der Waals surface area contributed by atoms with E-state index in [1.54, 1.807) is 12.1 Å². The highest BCUT2D eigenvalue weighted by Crippen LogP contribution is 2.25. The minimum absolute atomic E-state index is 0.00269. The van der Waals surface area contributed by atoms with Gasteiger partial charge in [-0.1, -0.05) is 49.4 Å². The molecule has 1 heterocycles. The Morgan fingerprint density at radius 1 is 0.914 bits per heavy atom. The molecule has 0 aromatic heterocycles. The molecule has 0 N–H and O–H groups in total. The Bertz CT molecular complexity index is 1080. The highest BCUT2D eigenvalue weighted by atomic mass is 19.3. The Labute approximate surface area is 203 Å². The number of rotatable bonds is 11. The lowest BCUT2D eigenvalue weighted by Crippen LogP contribution is -2.37. The molecule has 3 aromatic rings. The predicted octanol–water partition coefficient (Wildman–Crippen LogP) is 6.47. The van der Waals surface area contributed by atoms with Crippen molar-refractivity contribution in [3.63, 3.8) is 0 Å². The maximum atomic E-state index is 15.2. The molecule has 1 fully saturated rings. The second-order valence-electron chi connectivity index (χ2n) is 8.74. The van der Waals surface area contributed by atoms with Crippen LogP contribution in [-0.2, 0) is 33.5 Å². The summed E-state index contributed by atoms with van der Waals surface area (Å²) in [6.07, 6.45) is 3.34. The molecule has 0 radical (unpaired) electrons. The summed E-state index contributed by atoms with van der Waals surface area (Å²) in [5, 5.41) is 1.45. The van der Waals surface area contributed by atoms with E-state index in [4.69, 9.17) is 14.2 Å². The van der Waals surface area contributed by atoms with Crippen molar-refractivity contribution in [2.45, 2.75) is 58.0 Å². The average Bonchev–Trinajstić information content (AvgIpc) is 2.87.